The van der Waals surface area contributed by atoms with Gasteiger partial charge in [0.05, 0.1) is 0 Å². The molecule has 23 heavy (non-hydrogen) atoms. The molecule has 0 unspecified atom stereocenters. The monoisotopic (exact) mass is 395 g/mol. The molecule has 0 aliphatic rings. The third-order valence-corrected chi connectivity index (χ3v) is 5.19. The largest absolute Gasteiger partial charge is 0.451 e. The van der Waals surface area contributed by atoms with E-state index >= 15 is 0 Å². The first kappa shape index (κ1) is 17.7. The van der Waals surface area contributed by atoms with Crippen molar-refractivity contribution in [3.05, 3.63) is 49.6 Å². The van der Waals surface area contributed by atoms with Gasteiger partial charge < -0.3 is 10.1 Å². The van der Waals surface area contributed by atoms with Gasteiger partial charge in [-0.3, -0.25) is 4.79 Å². The Bertz CT molecular complexity index is 739. The number of rotatable bonds is 5. The van der Waals surface area contributed by atoms with Crippen molar-refractivity contribution >= 4 is 44.8 Å². The van der Waals surface area contributed by atoms with Crippen LogP contribution in [0.5, 0.6) is 0 Å². The molecule has 6 heteroatoms. The molecule has 0 aliphatic heterocycles. The zero-order valence-electron chi connectivity index (χ0n) is 13.2. The number of hydrogen-bond acceptors (Lipinski definition) is 4. The van der Waals surface area contributed by atoms with Crippen LogP contribution in [0.2, 0.25) is 0 Å². The number of carbonyl (C=O) groups excluding carboxylic acids is 2. The highest BCUT2D eigenvalue weighted by atomic mass is 79.9. The van der Waals surface area contributed by atoms with E-state index in [1.54, 1.807) is 6.07 Å². The molecule has 0 aliphatic carbocycles. The molecule has 0 saturated carbocycles. The van der Waals surface area contributed by atoms with E-state index in [1.165, 1.54) is 11.3 Å². The maximum absolute atomic E-state index is 12.0. The average molecular weight is 396 g/mol. The van der Waals surface area contributed by atoms with Gasteiger partial charge in [0.15, 0.2) is 6.61 Å². The Labute approximate surface area is 148 Å². The lowest BCUT2D eigenvalue weighted by atomic mass is 10.2. The van der Waals surface area contributed by atoms with Crippen molar-refractivity contribution in [2.75, 3.05) is 11.9 Å². The predicted molar refractivity (Wildman–Crippen MR) is 96.2 cm³/mol. The lowest BCUT2D eigenvalue weighted by molar-refractivity contribution is -0.119. The third kappa shape index (κ3) is 4.65. The van der Waals surface area contributed by atoms with Gasteiger partial charge in [-0.1, -0.05) is 22.9 Å². The molecule has 1 amide bonds. The van der Waals surface area contributed by atoms with Crippen LogP contribution >= 0.6 is 27.3 Å². The second-order valence-electron chi connectivity index (χ2n) is 5.15. The molecule has 1 N–H and O–H groups in total. The first-order valence-corrected chi connectivity index (χ1v) is 8.84. The fraction of sp³-hybridized carbons (Fsp3) is 0.294. The van der Waals surface area contributed by atoms with E-state index in [-0.39, 0.29) is 12.5 Å². The van der Waals surface area contributed by atoms with Gasteiger partial charge in [-0.2, -0.15) is 0 Å². The van der Waals surface area contributed by atoms with E-state index < -0.39 is 5.97 Å². The zero-order chi connectivity index (χ0) is 17.0. The molecule has 122 valence electrons. The fourth-order valence-corrected chi connectivity index (χ4v) is 3.61. The molecular weight excluding hydrogens is 378 g/mol. The second kappa shape index (κ2) is 7.75. The summed E-state index contributed by atoms with van der Waals surface area (Å²) < 4.78 is 6.03. The molecule has 1 aromatic heterocycles. The van der Waals surface area contributed by atoms with E-state index in [9.17, 15) is 9.59 Å². The number of nitrogens with one attached hydrogen (secondary N) is 1. The Morgan fingerprint density at radius 2 is 1.96 bits per heavy atom. The van der Waals surface area contributed by atoms with Crippen LogP contribution in [0.25, 0.3) is 0 Å². The van der Waals surface area contributed by atoms with Gasteiger partial charge in [0.1, 0.15) is 4.88 Å². The number of carbonyl (C=O) groups is 2. The molecule has 0 radical (unpaired) electrons. The summed E-state index contributed by atoms with van der Waals surface area (Å²) in [4.78, 5) is 25.6. The van der Waals surface area contributed by atoms with E-state index in [0.717, 1.165) is 26.9 Å². The van der Waals surface area contributed by atoms with Gasteiger partial charge in [-0.25, -0.2) is 4.79 Å². The van der Waals surface area contributed by atoms with Gasteiger partial charge in [0.25, 0.3) is 5.91 Å². The van der Waals surface area contributed by atoms with Gasteiger partial charge in [0.2, 0.25) is 0 Å². The minimum absolute atomic E-state index is 0.299. The predicted octanol–water partition coefficient (Wildman–Crippen LogP) is 4.49. The minimum atomic E-state index is -0.458. The third-order valence-electron chi connectivity index (χ3n) is 3.34. The van der Waals surface area contributed by atoms with E-state index in [4.69, 9.17) is 4.74 Å². The molecule has 4 nitrogen and oxygen atoms in total. The Morgan fingerprint density at radius 1 is 1.22 bits per heavy atom. The quantitative estimate of drug-likeness (QED) is 0.758. The SMILES string of the molecule is CCc1sc(C(=O)OCC(=O)Nc2ccc(Br)cc2C)cc1C. The van der Waals surface area contributed by atoms with Crippen molar-refractivity contribution < 1.29 is 14.3 Å². The number of hydrogen-bond donors (Lipinski definition) is 1. The summed E-state index contributed by atoms with van der Waals surface area (Å²) in [5, 5.41) is 2.74. The highest BCUT2D eigenvalue weighted by molar-refractivity contribution is 9.10. The summed E-state index contributed by atoms with van der Waals surface area (Å²) in [5.41, 5.74) is 2.72. The topological polar surface area (TPSA) is 55.4 Å². The van der Waals surface area contributed by atoms with E-state index in [2.05, 4.69) is 21.2 Å². The summed E-state index contributed by atoms with van der Waals surface area (Å²) in [5.74, 6) is -0.812. The summed E-state index contributed by atoms with van der Waals surface area (Å²) in [6.07, 6.45) is 0.882. The maximum Gasteiger partial charge on any atom is 0.348 e. The van der Waals surface area contributed by atoms with Gasteiger partial charge in [-0.15, -0.1) is 11.3 Å². The van der Waals surface area contributed by atoms with Gasteiger partial charge >= 0.3 is 5.97 Å². The number of esters is 1. The highest BCUT2D eigenvalue weighted by Crippen LogP contribution is 2.23. The van der Waals surface area contributed by atoms with Crippen LogP contribution in [0.1, 0.15) is 32.6 Å². The highest BCUT2D eigenvalue weighted by Gasteiger charge is 2.15. The molecule has 0 fully saturated rings. The van der Waals surface area contributed by atoms with Crippen LogP contribution in [-0.4, -0.2) is 18.5 Å². The number of thiophene rings is 1. The summed E-state index contributed by atoms with van der Waals surface area (Å²) in [6.45, 7) is 5.61. The van der Waals surface area contributed by atoms with Crippen molar-refractivity contribution in [2.24, 2.45) is 0 Å². The Morgan fingerprint density at radius 3 is 2.57 bits per heavy atom. The van der Waals surface area contributed by atoms with Crippen LogP contribution in [0.4, 0.5) is 5.69 Å². The maximum atomic E-state index is 12.0. The van der Waals surface area contributed by atoms with Crippen LogP contribution < -0.4 is 5.32 Å². The number of amides is 1. The number of aryl methyl sites for hydroxylation is 3. The number of benzene rings is 1. The van der Waals surface area contributed by atoms with E-state index in [1.807, 2.05) is 39.0 Å². The molecule has 0 spiro atoms. The number of anilines is 1. The molecule has 1 aromatic carbocycles. The van der Waals surface area contributed by atoms with Crippen molar-refractivity contribution in [3.63, 3.8) is 0 Å². The Balaban J connectivity index is 1.91. The summed E-state index contributed by atoms with van der Waals surface area (Å²) in [7, 11) is 0. The smallest absolute Gasteiger partial charge is 0.348 e. The van der Waals surface area contributed by atoms with Gasteiger partial charge in [0, 0.05) is 15.0 Å². The standard InChI is InChI=1S/C17H18BrNO3S/c1-4-14-11(3)8-15(23-14)17(21)22-9-16(20)19-13-6-5-12(18)7-10(13)2/h5-8H,4,9H2,1-3H3,(H,19,20). The van der Waals surface area contributed by atoms with E-state index in [0.29, 0.717) is 10.6 Å². The first-order chi connectivity index (χ1) is 10.9. The van der Waals surface area contributed by atoms with Crippen LogP contribution in [0.15, 0.2) is 28.7 Å². The Kier molecular flexibility index (Phi) is 5.96. The van der Waals surface area contributed by atoms with Crippen LogP contribution in [0.3, 0.4) is 0 Å². The van der Waals surface area contributed by atoms with Gasteiger partial charge in [-0.05, 0) is 55.7 Å². The van der Waals surface area contributed by atoms with Crippen molar-refractivity contribution in [2.45, 2.75) is 27.2 Å². The summed E-state index contributed by atoms with van der Waals surface area (Å²) in [6, 6.07) is 7.36. The van der Waals surface area contributed by atoms with Crippen molar-refractivity contribution in [1.82, 2.24) is 0 Å². The van der Waals surface area contributed by atoms with Crippen molar-refractivity contribution in [1.29, 1.82) is 0 Å². The average Bonchev–Trinajstić information content (AvgIpc) is 2.89. The molecule has 0 atom stereocenters. The summed E-state index contributed by atoms with van der Waals surface area (Å²) >= 11 is 4.79. The molecular formula is C17H18BrNO3S. The molecule has 0 saturated heterocycles. The molecule has 1 heterocycles. The van der Waals surface area contributed by atoms with Crippen molar-refractivity contribution in [3.8, 4) is 0 Å². The van der Waals surface area contributed by atoms with Crippen LogP contribution in [0, 0.1) is 13.8 Å². The fourth-order valence-electron chi connectivity index (χ4n) is 2.13. The molecule has 0 bridgehead atoms. The molecule has 2 rings (SSSR count). The minimum Gasteiger partial charge on any atom is -0.451 e. The normalized spacial score (nSPS) is 10.4. The lowest BCUT2D eigenvalue weighted by Crippen LogP contribution is -2.21. The zero-order valence-corrected chi connectivity index (χ0v) is 15.6. The Hall–Kier alpha value is -1.66. The first-order valence-electron chi connectivity index (χ1n) is 7.23. The number of ether oxygens (including phenoxy) is 1. The second-order valence-corrected chi connectivity index (χ2v) is 7.21. The van der Waals surface area contributed by atoms with Crippen LogP contribution in [-0.2, 0) is 16.0 Å². The lowest BCUT2D eigenvalue weighted by Gasteiger charge is -2.09. The molecule has 2 aromatic rings. The number of halogens is 1.